The van der Waals surface area contributed by atoms with Crippen molar-refractivity contribution in [3.8, 4) is 5.75 Å². The summed E-state index contributed by atoms with van der Waals surface area (Å²) in [5.41, 5.74) is 8.40. The van der Waals surface area contributed by atoms with Gasteiger partial charge in [-0.05, 0) is 54.4 Å². The number of aromatic nitrogens is 2. The summed E-state index contributed by atoms with van der Waals surface area (Å²) in [5, 5.41) is 4.30. The van der Waals surface area contributed by atoms with Crippen LogP contribution in [0.4, 0.5) is 5.95 Å². The molecule has 1 aromatic heterocycles. The number of hydrazone groups is 1. The van der Waals surface area contributed by atoms with Crippen molar-refractivity contribution in [2.45, 2.75) is 13.5 Å². The molecule has 4 rings (SSSR count). The van der Waals surface area contributed by atoms with Crippen LogP contribution in [0.1, 0.15) is 16.7 Å². The van der Waals surface area contributed by atoms with Crippen LogP contribution in [0.15, 0.2) is 77.9 Å². The van der Waals surface area contributed by atoms with Crippen LogP contribution in [-0.2, 0) is 13.7 Å². The second-order valence-electron chi connectivity index (χ2n) is 6.70. The molecule has 1 N–H and O–H groups in total. The summed E-state index contributed by atoms with van der Waals surface area (Å²) in [6.07, 6.45) is 1.77. The van der Waals surface area contributed by atoms with Crippen LogP contribution in [-0.4, -0.2) is 15.8 Å². The van der Waals surface area contributed by atoms with Crippen molar-refractivity contribution >= 4 is 23.2 Å². The van der Waals surface area contributed by atoms with Gasteiger partial charge >= 0.3 is 0 Å². The predicted octanol–water partition coefficient (Wildman–Crippen LogP) is 4.91. The van der Waals surface area contributed by atoms with Gasteiger partial charge in [-0.2, -0.15) is 5.10 Å². The third kappa shape index (κ3) is 4.04. The van der Waals surface area contributed by atoms with Crippen LogP contribution in [0, 0.1) is 6.92 Å². The van der Waals surface area contributed by atoms with E-state index < -0.39 is 0 Å². The molecule has 0 radical (unpaired) electrons. The molecule has 3 aromatic carbocycles. The molecule has 0 aliphatic heterocycles. The lowest BCUT2D eigenvalue weighted by molar-refractivity contribution is 0.306. The number of fused-ring (bicyclic) bond motifs is 1. The smallest absolute Gasteiger partial charge is 0.224 e. The number of nitrogens with zero attached hydrogens (tertiary/aromatic N) is 3. The van der Waals surface area contributed by atoms with Crippen LogP contribution in [0.25, 0.3) is 11.0 Å². The van der Waals surface area contributed by atoms with E-state index in [1.807, 2.05) is 60.1 Å². The Kier molecular flexibility index (Phi) is 5.06. The van der Waals surface area contributed by atoms with Crippen LogP contribution in [0.2, 0.25) is 0 Å². The van der Waals surface area contributed by atoms with Crippen LogP contribution in [0.5, 0.6) is 5.75 Å². The number of imidazole rings is 1. The van der Waals surface area contributed by atoms with E-state index in [2.05, 4.69) is 46.7 Å². The van der Waals surface area contributed by atoms with Crippen molar-refractivity contribution in [1.82, 2.24) is 9.55 Å². The fourth-order valence-electron chi connectivity index (χ4n) is 2.91. The second-order valence-corrected chi connectivity index (χ2v) is 6.70. The largest absolute Gasteiger partial charge is 0.489 e. The number of aryl methyl sites for hydroxylation is 2. The van der Waals surface area contributed by atoms with E-state index in [-0.39, 0.29) is 0 Å². The predicted molar refractivity (Wildman–Crippen MR) is 114 cm³/mol. The maximum atomic E-state index is 5.84. The quantitative estimate of drug-likeness (QED) is 0.388. The normalized spacial score (nSPS) is 11.2. The van der Waals surface area contributed by atoms with Crippen molar-refractivity contribution in [1.29, 1.82) is 0 Å². The molecule has 0 fully saturated rings. The van der Waals surface area contributed by atoms with Crippen molar-refractivity contribution in [2.75, 3.05) is 5.43 Å². The van der Waals surface area contributed by atoms with Gasteiger partial charge < -0.3 is 9.30 Å². The van der Waals surface area contributed by atoms with Crippen LogP contribution in [0.3, 0.4) is 0 Å². The van der Waals surface area contributed by atoms with Gasteiger partial charge in [-0.1, -0.05) is 42.0 Å². The Morgan fingerprint density at radius 3 is 2.50 bits per heavy atom. The maximum absolute atomic E-state index is 5.84. The summed E-state index contributed by atoms with van der Waals surface area (Å²) in [4.78, 5) is 4.53. The topological polar surface area (TPSA) is 51.4 Å². The van der Waals surface area contributed by atoms with Crippen molar-refractivity contribution in [3.63, 3.8) is 0 Å². The minimum atomic E-state index is 0.558. The van der Waals surface area contributed by atoms with Gasteiger partial charge in [0.25, 0.3) is 0 Å². The monoisotopic (exact) mass is 370 g/mol. The van der Waals surface area contributed by atoms with Crippen molar-refractivity contribution in [2.24, 2.45) is 12.1 Å². The van der Waals surface area contributed by atoms with Gasteiger partial charge in [0.15, 0.2) is 0 Å². The lowest BCUT2D eigenvalue weighted by Gasteiger charge is -2.07. The highest BCUT2D eigenvalue weighted by atomic mass is 16.5. The average molecular weight is 370 g/mol. The third-order valence-corrected chi connectivity index (χ3v) is 4.57. The summed E-state index contributed by atoms with van der Waals surface area (Å²) in [7, 11) is 1.97. The molecule has 0 saturated heterocycles. The first-order valence-corrected chi connectivity index (χ1v) is 9.18. The minimum Gasteiger partial charge on any atom is -0.489 e. The maximum Gasteiger partial charge on any atom is 0.224 e. The Morgan fingerprint density at radius 2 is 1.75 bits per heavy atom. The molecular formula is C23H22N4O. The van der Waals surface area contributed by atoms with Gasteiger partial charge in [-0.25, -0.2) is 10.4 Å². The Labute approximate surface area is 164 Å². The molecule has 0 unspecified atom stereocenters. The Balaban J connectivity index is 1.35. The first kappa shape index (κ1) is 17.8. The zero-order chi connectivity index (χ0) is 19.3. The zero-order valence-corrected chi connectivity index (χ0v) is 16.0. The molecule has 0 aliphatic carbocycles. The Bertz CT molecular complexity index is 1100. The number of para-hydroxylation sites is 2. The molecule has 4 aromatic rings. The molecule has 0 bridgehead atoms. The van der Waals surface area contributed by atoms with Gasteiger partial charge in [0, 0.05) is 7.05 Å². The molecule has 5 heteroatoms. The molecule has 1 heterocycles. The molecule has 5 nitrogen and oxygen atoms in total. The molecule has 28 heavy (non-hydrogen) atoms. The molecular weight excluding hydrogens is 348 g/mol. The highest BCUT2D eigenvalue weighted by molar-refractivity contribution is 5.81. The number of ether oxygens (including phenoxy) is 1. The molecule has 0 spiro atoms. The number of benzene rings is 3. The van der Waals surface area contributed by atoms with Crippen molar-refractivity contribution in [3.05, 3.63) is 89.5 Å². The highest BCUT2D eigenvalue weighted by Crippen LogP contribution is 2.18. The summed E-state index contributed by atoms with van der Waals surface area (Å²) in [6.45, 7) is 2.64. The minimum absolute atomic E-state index is 0.558. The summed E-state index contributed by atoms with van der Waals surface area (Å²) < 4.78 is 7.82. The van der Waals surface area contributed by atoms with E-state index in [9.17, 15) is 0 Å². The van der Waals surface area contributed by atoms with Crippen LogP contribution < -0.4 is 10.2 Å². The Hall–Kier alpha value is -3.60. The van der Waals surface area contributed by atoms with Gasteiger partial charge in [-0.15, -0.1) is 0 Å². The van der Waals surface area contributed by atoms with E-state index in [1.165, 1.54) is 5.56 Å². The SMILES string of the molecule is Cc1ccc(COc2ccc(/C=N\Nc3nc4ccccc4n3C)cc2)cc1. The number of hydrogen-bond acceptors (Lipinski definition) is 4. The molecule has 0 saturated carbocycles. The molecule has 0 aliphatic rings. The van der Waals surface area contributed by atoms with Crippen LogP contribution >= 0.6 is 0 Å². The lowest BCUT2D eigenvalue weighted by atomic mass is 10.2. The van der Waals surface area contributed by atoms with Gasteiger partial charge in [-0.3, -0.25) is 0 Å². The summed E-state index contributed by atoms with van der Waals surface area (Å²) in [6, 6.07) is 24.2. The zero-order valence-electron chi connectivity index (χ0n) is 16.0. The van der Waals surface area contributed by atoms with E-state index in [1.54, 1.807) is 6.21 Å². The fourth-order valence-corrected chi connectivity index (χ4v) is 2.91. The summed E-state index contributed by atoms with van der Waals surface area (Å²) >= 11 is 0. The lowest BCUT2D eigenvalue weighted by Crippen LogP contribution is -1.99. The number of rotatable bonds is 6. The number of anilines is 1. The van der Waals surface area contributed by atoms with Gasteiger partial charge in [0.1, 0.15) is 12.4 Å². The van der Waals surface area contributed by atoms with E-state index in [4.69, 9.17) is 4.74 Å². The average Bonchev–Trinajstić information content (AvgIpc) is 3.04. The van der Waals surface area contributed by atoms with E-state index in [0.29, 0.717) is 12.6 Å². The standard InChI is InChI=1S/C23H22N4O/c1-17-7-9-19(10-8-17)16-28-20-13-11-18(12-14-20)15-24-26-23-25-21-5-3-4-6-22(21)27(23)2/h3-15H,16H2,1-2H3,(H,25,26)/b24-15-. The van der Waals surface area contributed by atoms with Gasteiger partial charge in [0.05, 0.1) is 17.2 Å². The molecule has 0 atom stereocenters. The van der Waals surface area contributed by atoms with Crippen molar-refractivity contribution < 1.29 is 4.74 Å². The summed E-state index contributed by atoms with van der Waals surface area (Å²) in [5.74, 6) is 1.54. The highest BCUT2D eigenvalue weighted by Gasteiger charge is 2.05. The second kappa shape index (κ2) is 7.96. The first-order chi connectivity index (χ1) is 13.7. The third-order valence-electron chi connectivity index (χ3n) is 4.57. The van der Waals surface area contributed by atoms with E-state index in [0.717, 1.165) is 27.9 Å². The molecule has 140 valence electrons. The van der Waals surface area contributed by atoms with E-state index >= 15 is 0 Å². The Morgan fingerprint density at radius 1 is 1.00 bits per heavy atom. The first-order valence-electron chi connectivity index (χ1n) is 9.18. The van der Waals surface area contributed by atoms with Gasteiger partial charge in [0.2, 0.25) is 5.95 Å². The number of nitrogens with one attached hydrogen (secondary N) is 1. The number of hydrogen-bond donors (Lipinski definition) is 1. The fraction of sp³-hybridized carbons (Fsp3) is 0.130. The molecule has 0 amide bonds.